The quantitative estimate of drug-likeness (QED) is 0.842. The number of rotatable bonds is 5. The van der Waals surface area contributed by atoms with Crippen LogP contribution < -0.4 is 5.73 Å². The van der Waals surface area contributed by atoms with E-state index < -0.39 is 5.54 Å². The molecule has 0 spiro atoms. The first-order chi connectivity index (χ1) is 9.64. The van der Waals surface area contributed by atoms with E-state index in [4.69, 9.17) is 17.3 Å². The smallest absolute Gasteiger partial charge is 0.130 e. The highest BCUT2D eigenvalue weighted by Gasteiger charge is 2.26. The maximum Gasteiger partial charge on any atom is 0.130 e. The molecule has 0 heterocycles. The molecule has 0 aliphatic carbocycles. The van der Waals surface area contributed by atoms with Crippen LogP contribution in [0.1, 0.15) is 12.0 Å². The lowest BCUT2D eigenvalue weighted by Crippen LogP contribution is -2.35. The van der Waals surface area contributed by atoms with Crippen molar-refractivity contribution in [1.82, 2.24) is 0 Å². The van der Waals surface area contributed by atoms with Crippen LogP contribution in [0.25, 0.3) is 0 Å². The highest BCUT2D eigenvalue weighted by Crippen LogP contribution is 2.27. The fourth-order valence-electron chi connectivity index (χ4n) is 1.89. The Balaban J connectivity index is 2.00. The number of nitrogens with zero attached hydrogens (tertiary/aromatic N) is 1. The molecule has 1 unspecified atom stereocenters. The van der Waals surface area contributed by atoms with Gasteiger partial charge in [0.1, 0.15) is 5.54 Å². The second-order valence-electron chi connectivity index (χ2n) is 4.51. The Kier molecular flexibility index (Phi) is 5.08. The van der Waals surface area contributed by atoms with Gasteiger partial charge in [0.2, 0.25) is 0 Å². The molecule has 0 radical (unpaired) electrons. The van der Waals surface area contributed by atoms with Gasteiger partial charge in [-0.3, -0.25) is 0 Å². The monoisotopic (exact) mass is 302 g/mol. The summed E-state index contributed by atoms with van der Waals surface area (Å²) in [6, 6.07) is 19.4. The summed E-state index contributed by atoms with van der Waals surface area (Å²) in [5, 5.41) is 10.1. The molecule has 0 saturated carbocycles. The molecular formula is C16H15ClN2S. The molecule has 2 rings (SSSR count). The van der Waals surface area contributed by atoms with Crippen molar-refractivity contribution in [1.29, 1.82) is 5.26 Å². The van der Waals surface area contributed by atoms with E-state index in [2.05, 4.69) is 6.07 Å². The molecule has 20 heavy (non-hydrogen) atoms. The van der Waals surface area contributed by atoms with E-state index in [0.29, 0.717) is 6.42 Å². The SMILES string of the molecule is N#CC(N)(CCSc1cccc(Cl)c1)c1ccccc1. The predicted molar refractivity (Wildman–Crippen MR) is 84.7 cm³/mol. The zero-order chi connectivity index (χ0) is 14.4. The Hall–Kier alpha value is -1.47. The van der Waals surface area contributed by atoms with Crippen LogP contribution in [0.4, 0.5) is 0 Å². The first-order valence-corrected chi connectivity index (χ1v) is 7.64. The topological polar surface area (TPSA) is 49.8 Å². The predicted octanol–water partition coefficient (Wildman–Crippen LogP) is 4.20. The van der Waals surface area contributed by atoms with Crippen LogP contribution in [0.2, 0.25) is 5.02 Å². The van der Waals surface area contributed by atoms with Gasteiger partial charge in [-0.25, -0.2) is 0 Å². The number of thioether (sulfide) groups is 1. The minimum Gasteiger partial charge on any atom is -0.310 e. The van der Waals surface area contributed by atoms with E-state index >= 15 is 0 Å². The summed E-state index contributed by atoms with van der Waals surface area (Å²) in [4.78, 5) is 1.09. The molecule has 0 fully saturated rings. The Morgan fingerprint density at radius 3 is 2.55 bits per heavy atom. The molecule has 1 atom stereocenters. The van der Waals surface area contributed by atoms with Gasteiger partial charge in [0.25, 0.3) is 0 Å². The highest BCUT2D eigenvalue weighted by atomic mass is 35.5. The molecule has 0 saturated heterocycles. The summed E-state index contributed by atoms with van der Waals surface area (Å²) in [6.07, 6.45) is 0.588. The summed E-state index contributed by atoms with van der Waals surface area (Å²) < 4.78 is 0. The molecule has 2 nitrogen and oxygen atoms in total. The van der Waals surface area contributed by atoms with Gasteiger partial charge in [0, 0.05) is 15.7 Å². The molecule has 2 N–H and O–H groups in total. The van der Waals surface area contributed by atoms with Gasteiger partial charge in [0.15, 0.2) is 0 Å². The van der Waals surface area contributed by atoms with E-state index in [-0.39, 0.29) is 0 Å². The lowest BCUT2D eigenvalue weighted by molar-refractivity contribution is 0.560. The van der Waals surface area contributed by atoms with E-state index in [1.54, 1.807) is 11.8 Å². The van der Waals surface area contributed by atoms with Gasteiger partial charge in [-0.1, -0.05) is 48.0 Å². The van der Waals surface area contributed by atoms with Crippen molar-refractivity contribution in [3.63, 3.8) is 0 Å². The van der Waals surface area contributed by atoms with Crippen molar-refractivity contribution in [3.8, 4) is 6.07 Å². The van der Waals surface area contributed by atoms with Gasteiger partial charge in [-0.05, 0) is 30.2 Å². The molecule has 0 bridgehead atoms. The molecule has 0 aromatic heterocycles. The van der Waals surface area contributed by atoms with Crippen molar-refractivity contribution >= 4 is 23.4 Å². The zero-order valence-corrected chi connectivity index (χ0v) is 12.5. The van der Waals surface area contributed by atoms with Crippen molar-refractivity contribution in [3.05, 3.63) is 65.2 Å². The number of nitrogens with two attached hydrogens (primary N) is 1. The van der Waals surface area contributed by atoms with Crippen LogP contribution in [0.15, 0.2) is 59.5 Å². The Labute approximate surface area is 128 Å². The van der Waals surface area contributed by atoms with E-state index in [1.807, 2.05) is 54.6 Å². The third kappa shape index (κ3) is 3.77. The van der Waals surface area contributed by atoms with Gasteiger partial charge in [-0.15, -0.1) is 11.8 Å². The van der Waals surface area contributed by atoms with E-state index in [0.717, 1.165) is 21.2 Å². The van der Waals surface area contributed by atoms with Crippen molar-refractivity contribution < 1.29 is 0 Å². The maximum absolute atomic E-state index is 9.37. The van der Waals surface area contributed by atoms with Crippen LogP contribution >= 0.6 is 23.4 Å². The second kappa shape index (κ2) is 6.81. The fraction of sp³-hybridized carbons (Fsp3) is 0.188. The molecule has 0 aliphatic heterocycles. The first kappa shape index (κ1) is 14.9. The minimum atomic E-state index is -0.938. The highest BCUT2D eigenvalue weighted by molar-refractivity contribution is 7.99. The Morgan fingerprint density at radius 1 is 1.15 bits per heavy atom. The lowest BCUT2D eigenvalue weighted by atomic mass is 9.90. The fourth-order valence-corrected chi connectivity index (χ4v) is 3.19. The second-order valence-corrected chi connectivity index (χ2v) is 6.11. The maximum atomic E-state index is 9.37. The number of halogens is 1. The average molecular weight is 303 g/mol. The number of nitriles is 1. The van der Waals surface area contributed by atoms with Gasteiger partial charge < -0.3 is 5.73 Å². The number of benzene rings is 2. The van der Waals surface area contributed by atoms with Crippen LogP contribution in [0, 0.1) is 11.3 Å². The largest absolute Gasteiger partial charge is 0.310 e. The minimum absolute atomic E-state index is 0.588. The summed E-state index contributed by atoms with van der Waals surface area (Å²) in [5.74, 6) is 0.763. The van der Waals surface area contributed by atoms with Gasteiger partial charge >= 0.3 is 0 Å². The molecule has 0 aliphatic rings. The van der Waals surface area contributed by atoms with Crippen molar-refractivity contribution in [2.75, 3.05) is 5.75 Å². The molecular weight excluding hydrogens is 288 g/mol. The molecule has 2 aromatic rings. The van der Waals surface area contributed by atoms with Crippen LogP contribution in [0.5, 0.6) is 0 Å². The van der Waals surface area contributed by atoms with Crippen molar-refractivity contribution in [2.45, 2.75) is 16.9 Å². The third-order valence-electron chi connectivity index (χ3n) is 3.05. The van der Waals surface area contributed by atoms with Crippen molar-refractivity contribution in [2.24, 2.45) is 5.73 Å². The Morgan fingerprint density at radius 2 is 1.90 bits per heavy atom. The van der Waals surface area contributed by atoms with Crippen LogP contribution in [-0.2, 0) is 5.54 Å². The first-order valence-electron chi connectivity index (χ1n) is 6.28. The zero-order valence-electron chi connectivity index (χ0n) is 10.9. The Bertz CT molecular complexity index is 609. The summed E-state index contributed by atoms with van der Waals surface area (Å²) in [6.45, 7) is 0. The average Bonchev–Trinajstić information content (AvgIpc) is 2.48. The molecule has 4 heteroatoms. The summed E-state index contributed by atoms with van der Waals surface area (Å²) in [5.41, 5.74) is 6.13. The van der Waals surface area contributed by atoms with E-state index in [9.17, 15) is 5.26 Å². The number of hydrogen-bond donors (Lipinski definition) is 1. The van der Waals surface area contributed by atoms with Crippen LogP contribution in [0.3, 0.4) is 0 Å². The van der Waals surface area contributed by atoms with Gasteiger partial charge in [-0.2, -0.15) is 5.26 Å². The number of hydrogen-bond acceptors (Lipinski definition) is 3. The molecule has 0 amide bonds. The van der Waals surface area contributed by atoms with Gasteiger partial charge in [0.05, 0.1) is 6.07 Å². The lowest BCUT2D eigenvalue weighted by Gasteiger charge is -2.21. The standard InChI is InChI=1S/C16H15ClN2S/c17-14-7-4-8-15(11-14)20-10-9-16(19,12-18)13-5-2-1-3-6-13/h1-8,11H,9-10,19H2. The third-order valence-corrected chi connectivity index (χ3v) is 4.28. The van der Waals surface area contributed by atoms with Crippen LogP contribution in [-0.4, -0.2) is 5.75 Å². The summed E-state index contributed by atoms with van der Waals surface area (Å²) in [7, 11) is 0. The normalized spacial score (nSPS) is 13.4. The summed E-state index contributed by atoms with van der Waals surface area (Å²) >= 11 is 7.60. The molecule has 102 valence electrons. The van der Waals surface area contributed by atoms with E-state index in [1.165, 1.54) is 0 Å². The molecule has 2 aromatic carbocycles.